The van der Waals surface area contributed by atoms with Crippen molar-refractivity contribution >= 4 is 11.7 Å². The summed E-state index contributed by atoms with van der Waals surface area (Å²) in [7, 11) is 0. The monoisotopic (exact) mass is 234 g/mol. The number of carbonyl (C=O) groups excluding carboxylic acids is 1. The second-order valence-corrected chi connectivity index (χ2v) is 4.83. The predicted molar refractivity (Wildman–Crippen MR) is 67.0 cm³/mol. The molecule has 1 aromatic heterocycles. The first kappa shape index (κ1) is 11.9. The number of amides is 1. The first-order valence-electron chi connectivity index (χ1n) is 5.76. The van der Waals surface area contributed by atoms with Crippen molar-refractivity contribution < 1.29 is 4.79 Å². The summed E-state index contributed by atoms with van der Waals surface area (Å²) in [6.45, 7) is 5.84. The van der Waals surface area contributed by atoms with Crippen molar-refractivity contribution in [1.82, 2.24) is 10.3 Å². The molecular weight excluding hydrogens is 216 g/mol. The number of aromatic nitrogens is 1. The minimum absolute atomic E-state index is 0.0645. The van der Waals surface area contributed by atoms with E-state index in [1.807, 2.05) is 6.92 Å². The van der Waals surface area contributed by atoms with Crippen molar-refractivity contribution in [2.75, 3.05) is 18.4 Å². The van der Waals surface area contributed by atoms with Gasteiger partial charge in [0.05, 0.1) is 5.56 Å². The molecule has 17 heavy (non-hydrogen) atoms. The van der Waals surface area contributed by atoms with Gasteiger partial charge in [0, 0.05) is 17.8 Å². The molecule has 0 aliphatic carbocycles. The Labute approximate surface area is 101 Å². The predicted octanol–water partition coefficient (Wildman–Crippen LogP) is 0.653. The van der Waals surface area contributed by atoms with Crippen LogP contribution < -0.4 is 16.4 Å². The molecule has 0 spiro atoms. The molecule has 0 bridgehead atoms. The van der Waals surface area contributed by atoms with Gasteiger partial charge < -0.3 is 16.4 Å². The molecule has 0 radical (unpaired) electrons. The molecule has 2 rings (SSSR count). The van der Waals surface area contributed by atoms with E-state index in [1.54, 1.807) is 12.1 Å². The van der Waals surface area contributed by atoms with Crippen LogP contribution in [0.4, 0.5) is 5.82 Å². The third kappa shape index (κ3) is 2.55. The van der Waals surface area contributed by atoms with E-state index in [2.05, 4.69) is 22.5 Å². The molecule has 1 fully saturated rings. The van der Waals surface area contributed by atoms with E-state index < -0.39 is 5.91 Å². The second kappa shape index (κ2) is 4.33. The molecule has 4 N–H and O–H groups in total. The Morgan fingerprint density at radius 2 is 2.35 bits per heavy atom. The van der Waals surface area contributed by atoms with Crippen molar-refractivity contribution in [3.63, 3.8) is 0 Å². The van der Waals surface area contributed by atoms with Crippen LogP contribution in [0.2, 0.25) is 0 Å². The van der Waals surface area contributed by atoms with Crippen LogP contribution in [0, 0.1) is 6.92 Å². The third-order valence-electron chi connectivity index (χ3n) is 3.09. The lowest BCUT2D eigenvalue weighted by Crippen LogP contribution is -2.38. The Balaban J connectivity index is 2.30. The zero-order valence-corrected chi connectivity index (χ0v) is 10.2. The molecule has 92 valence electrons. The number of nitrogens with one attached hydrogen (secondary N) is 2. The highest BCUT2D eigenvalue weighted by atomic mass is 16.1. The maximum absolute atomic E-state index is 11.3. The number of rotatable bonds is 3. The highest BCUT2D eigenvalue weighted by Crippen LogP contribution is 2.22. The maximum Gasteiger partial charge on any atom is 0.252 e. The molecular formula is C12H18N4O. The number of aryl methyl sites for hydroxylation is 1. The lowest BCUT2D eigenvalue weighted by Gasteiger charge is -2.26. The van der Waals surface area contributed by atoms with Gasteiger partial charge in [0.25, 0.3) is 5.91 Å². The summed E-state index contributed by atoms with van der Waals surface area (Å²) in [6.07, 6.45) is 1.00. The zero-order chi connectivity index (χ0) is 12.5. The van der Waals surface area contributed by atoms with Gasteiger partial charge in [0.2, 0.25) is 0 Å². The molecule has 1 amide bonds. The molecule has 1 saturated heterocycles. The van der Waals surface area contributed by atoms with Crippen LogP contribution in [0.1, 0.15) is 29.4 Å². The Morgan fingerprint density at radius 3 is 2.94 bits per heavy atom. The van der Waals surface area contributed by atoms with Gasteiger partial charge in [-0.15, -0.1) is 0 Å². The lowest BCUT2D eigenvalue weighted by atomic mass is 10.0. The summed E-state index contributed by atoms with van der Waals surface area (Å²) in [4.78, 5) is 15.7. The van der Waals surface area contributed by atoms with E-state index in [0.29, 0.717) is 11.4 Å². The quantitative estimate of drug-likeness (QED) is 0.717. The summed E-state index contributed by atoms with van der Waals surface area (Å²) in [5.41, 5.74) is 6.60. The summed E-state index contributed by atoms with van der Waals surface area (Å²) >= 11 is 0. The molecule has 1 aromatic rings. The topological polar surface area (TPSA) is 80.0 Å². The van der Waals surface area contributed by atoms with Crippen LogP contribution in [0.25, 0.3) is 0 Å². The molecule has 1 aliphatic heterocycles. The maximum atomic E-state index is 11.3. The van der Waals surface area contributed by atoms with E-state index in [-0.39, 0.29) is 5.54 Å². The highest BCUT2D eigenvalue weighted by Gasteiger charge is 2.29. The van der Waals surface area contributed by atoms with Gasteiger partial charge in [-0.1, -0.05) is 0 Å². The number of hydrogen-bond donors (Lipinski definition) is 3. The number of nitrogens with zero attached hydrogens (tertiary/aromatic N) is 1. The van der Waals surface area contributed by atoms with Crippen LogP contribution in [-0.4, -0.2) is 29.5 Å². The normalized spacial score (nSPS) is 23.6. The van der Waals surface area contributed by atoms with Crippen LogP contribution in [-0.2, 0) is 0 Å². The van der Waals surface area contributed by atoms with Gasteiger partial charge in [0.15, 0.2) is 0 Å². The van der Waals surface area contributed by atoms with E-state index in [1.165, 1.54) is 0 Å². The van der Waals surface area contributed by atoms with Crippen LogP contribution in [0.15, 0.2) is 12.1 Å². The minimum Gasteiger partial charge on any atom is -0.365 e. The van der Waals surface area contributed by atoms with Crippen molar-refractivity contribution in [3.8, 4) is 0 Å². The van der Waals surface area contributed by atoms with Crippen molar-refractivity contribution in [3.05, 3.63) is 23.4 Å². The Bertz CT molecular complexity index is 438. The molecule has 5 heteroatoms. The fourth-order valence-corrected chi connectivity index (χ4v) is 2.06. The molecule has 5 nitrogen and oxygen atoms in total. The standard InChI is InChI=1S/C12H18N4O/c1-8-3-4-9(10(13)17)11(15-8)16-12(2)5-6-14-7-12/h3-4,14H,5-7H2,1-2H3,(H2,13,17)(H,15,16). The first-order valence-corrected chi connectivity index (χ1v) is 5.76. The van der Waals surface area contributed by atoms with Crippen molar-refractivity contribution in [2.24, 2.45) is 5.73 Å². The lowest BCUT2D eigenvalue weighted by molar-refractivity contribution is 0.100. The highest BCUT2D eigenvalue weighted by molar-refractivity contribution is 5.97. The fraction of sp³-hybridized carbons (Fsp3) is 0.500. The fourth-order valence-electron chi connectivity index (χ4n) is 2.06. The SMILES string of the molecule is Cc1ccc(C(N)=O)c(NC2(C)CCNC2)n1. The number of pyridine rings is 1. The average Bonchev–Trinajstić information content (AvgIpc) is 2.64. The van der Waals surface area contributed by atoms with Gasteiger partial charge in [-0.05, 0) is 38.9 Å². The van der Waals surface area contributed by atoms with Crippen LogP contribution in [0.3, 0.4) is 0 Å². The van der Waals surface area contributed by atoms with Gasteiger partial charge in [0.1, 0.15) is 5.82 Å². The molecule has 2 heterocycles. The smallest absolute Gasteiger partial charge is 0.252 e. The van der Waals surface area contributed by atoms with E-state index in [4.69, 9.17) is 5.73 Å². The number of anilines is 1. The number of carbonyl (C=O) groups is 1. The Hall–Kier alpha value is -1.62. The van der Waals surface area contributed by atoms with E-state index >= 15 is 0 Å². The summed E-state index contributed by atoms with van der Waals surface area (Å²) in [5, 5.41) is 6.62. The molecule has 0 saturated carbocycles. The molecule has 1 atom stereocenters. The van der Waals surface area contributed by atoms with Crippen LogP contribution in [0.5, 0.6) is 0 Å². The van der Waals surface area contributed by atoms with Gasteiger partial charge in [-0.25, -0.2) is 4.98 Å². The first-order chi connectivity index (χ1) is 8.00. The molecule has 0 aromatic carbocycles. The zero-order valence-electron chi connectivity index (χ0n) is 10.2. The number of hydrogen-bond acceptors (Lipinski definition) is 4. The summed E-state index contributed by atoms with van der Waals surface area (Å²) < 4.78 is 0. The van der Waals surface area contributed by atoms with Crippen LogP contribution >= 0.6 is 0 Å². The molecule has 1 unspecified atom stereocenters. The van der Waals surface area contributed by atoms with E-state index in [0.717, 1.165) is 25.2 Å². The minimum atomic E-state index is -0.449. The summed E-state index contributed by atoms with van der Waals surface area (Å²) in [5.74, 6) is 0.137. The largest absolute Gasteiger partial charge is 0.365 e. The van der Waals surface area contributed by atoms with Gasteiger partial charge in [-0.2, -0.15) is 0 Å². The Morgan fingerprint density at radius 1 is 1.59 bits per heavy atom. The number of nitrogens with two attached hydrogens (primary N) is 1. The van der Waals surface area contributed by atoms with Gasteiger partial charge >= 0.3 is 0 Å². The third-order valence-corrected chi connectivity index (χ3v) is 3.09. The molecule has 1 aliphatic rings. The Kier molecular flexibility index (Phi) is 3.02. The van der Waals surface area contributed by atoms with Crippen molar-refractivity contribution in [2.45, 2.75) is 25.8 Å². The summed E-state index contributed by atoms with van der Waals surface area (Å²) in [6, 6.07) is 3.51. The van der Waals surface area contributed by atoms with Gasteiger partial charge in [-0.3, -0.25) is 4.79 Å². The average molecular weight is 234 g/mol. The van der Waals surface area contributed by atoms with E-state index in [9.17, 15) is 4.79 Å². The second-order valence-electron chi connectivity index (χ2n) is 4.83. The van der Waals surface area contributed by atoms with Crippen molar-refractivity contribution in [1.29, 1.82) is 0 Å². The number of primary amides is 1.